The number of ether oxygens (including phenoxy) is 1. The quantitative estimate of drug-likeness (QED) is 0.282. The molecule has 9 nitrogen and oxygen atoms in total. The van der Waals surface area contributed by atoms with Gasteiger partial charge in [0.1, 0.15) is 5.82 Å². The number of hydrogen-bond acceptors (Lipinski definition) is 9. The van der Waals surface area contributed by atoms with Gasteiger partial charge in [-0.15, -0.1) is 0 Å². The summed E-state index contributed by atoms with van der Waals surface area (Å²) < 4.78 is 5.67. The van der Waals surface area contributed by atoms with E-state index in [2.05, 4.69) is 115 Å². The Balaban J connectivity index is 1.29. The fourth-order valence-corrected chi connectivity index (χ4v) is 10.3. The largest absolute Gasteiger partial charge is 0.378 e. The van der Waals surface area contributed by atoms with Crippen LogP contribution in [-0.4, -0.2) is 99.0 Å². The van der Waals surface area contributed by atoms with Crippen molar-refractivity contribution in [1.29, 1.82) is 0 Å². The molecule has 5 rings (SSSR count). The molecule has 1 aromatic rings. The van der Waals surface area contributed by atoms with E-state index in [4.69, 9.17) is 19.7 Å². The van der Waals surface area contributed by atoms with Gasteiger partial charge in [-0.25, -0.2) is 0 Å². The smallest absolute Gasteiger partial charge is 0.230 e. The van der Waals surface area contributed by atoms with E-state index >= 15 is 0 Å². The van der Waals surface area contributed by atoms with Gasteiger partial charge in [-0.3, -0.25) is 4.90 Å². The summed E-state index contributed by atoms with van der Waals surface area (Å²) in [6, 6.07) is 1.04. The van der Waals surface area contributed by atoms with Gasteiger partial charge in [0.15, 0.2) is 0 Å². The van der Waals surface area contributed by atoms with Crippen LogP contribution in [0, 0.1) is 5.92 Å². The van der Waals surface area contributed by atoms with Gasteiger partial charge < -0.3 is 25.2 Å². The molecule has 0 bridgehead atoms. The summed E-state index contributed by atoms with van der Waals surface area (Å²) in [5.41, 5.74) is 0.500. The molecular formula is C38H70N8O. The van der Waals surface area contributed by atoms with Crippen LogP contribution in [0.4, 0.5) is 11.9 Å². The van der Waals surface area contributed by atoms with Crippen molar-refractivity contribution in [1.82, 2.24) is 30.5 Å². The highest BCUT2D eigenvalue weighted by Gasteiger charge is 2.63. The third-order valence-electron chi connectivity index (χ3n) is 11.4. The van der Waals surface area contributed by atoms with Crippen molar-refractivity contribution in [3.63, 3.8) is 0 Å². The van der Waals surface area contributed by atoms with E-state index in [1.165, 1.54) is 32.2 Å². The number of piperidine rings is 2. The number of nitrogens with zero attached hydrogens (tertiary/aromatic N) is 6. The number of fused-ring (bicyclic) bond motifs is 1. The van der Waals surface area contributed by atoms with Crippen LogP contribution in [-0.2, 0) is 10.2 Å². The molecule has 0 spiro atoms. The zero-order valence-electron chi connectivity index (χ0n) is 32.5. The van der Waals surface area contributed by atoms with E-state index in [0.29, 0.717) is 31.2 Å². The number of anilines is 2. The van der Waals surface area contributed by atoms with Crippen molar-refractivity contribution in [2.45, 2.75) is 180 Å². The van der Waals surface area contributed by atoms with Crippen LogP contribution in [0.2, 0.25) is 0 Å². The summed E-state index contributed by atoms with van der Waals surface area (Å²) in [5.74, 6) is 3.23. The average Bonchev–Trinajstić information content (AvgIpc) is 2.90. The minimum absolute atomic E-state index is 0.0389. The molecule has 268 valence electrons. The van der Waals surface area contributed by atoms with Crippen LogP contribution >= 0.6 is 0 Å². The average molecular weight is 655 g/mol. The van der Waals surface area contributed by atoms with Gasteiger partial charge in [0, 0.05) is 70.7 Å². The van der Waals surface area contributed by atoms with Crippen molar-refractivity contribution >= 4 is 11.9 Å². The molecule has 4 aliphatic rings. The van der Waals surface area contributed by atoms with Crippen molar-refractivity contribution in [3.05, 3.63) is 5.82 Å². The third-order valence-corrected chi connectivity index (χ3v) is 11.4. The van der Waals surface area contributed by atoms with Crippen LogP contribution in [0.1, 0.15) is 141 Å². The zero-order chi connectivity index (χ0) is 34.6. The van der Waals surface area contributed by atoms with Gasteiger partial charge >= 0.3 is 0 Å². The van der Waals surface area contributed by atoms with Crippen LogP contribution in [0.25, 0.3) is 0 Å². The molecule has 0 aliphatic carbocycles. The highest BCUT2D eigenvalue weighted by molar-refractivity contribution is 5.42. The second kappa shape index (κ2) is 13.0. The first kappa shape index (κ1) is 36.7. The lowest BCUT2D eigenvalue weighted by atomic mass is 9.56. The predicted octanol–water partition coefficient (Wildman–Crippen LogP) is 6.31. The second-order valence-corrected chi connectivity index (χ2v) is 19.5. The Morgan fingerprint density at radius 3 is 1.98 bits per heavy atom. The summed E-state index contributed by atoms with van der Waals surface area (Å²) >= 11 is 0. The van der Waals surface area contributed by atoms with Gasteiger partial charge in [-0.2, -0.15) is 15.0 Å². The maximum atomic E-state index is 5.67. The van der Waals surface area contributed by atoms with Crippen molar-refractivity contribution in [2.24, 2.45) is 5.92 Å². The minimum Gasteiger partial charge on any atom is -0.378 e. The number of unbranched alkanes of at least 4 members (excludes halogenated alkanes) is 3. The van der Waals surface area contributed by atoms with Crippen molar-refractivity contribution in [3.8, 4) is 0 Å². The minimum atomic E-state index is -0.167. The Kier molecular flexibility index (Phi) is 10.1. The van der Waals surface area contributed by atoms with E-state index in [9.17, 15) is 0 Å². The highest BCUT2D eigenvalue weighted by atomic mass is 16.5. The molecule has 0 aromatic carbocycles. The Labute approximate surface area is 287 Å². The zero-order valence-corrected chi connectivity index (χ0v) is 32.5. The van der Waals surface area contributed by atoms with E-state index in [0.717, 1.165) is 56.6 Å². The second-order valence-electron chi connectivity index (χ2n) is 19.5. The molecule has 0 saturated carbocycles. The molecule has 47 heavy (non-hydrogen) atoms. The molecule has 5 heterocycles. The standard InChI is InChI=1S/C38H70N8O/c1-33(2,3)30-39-31(44-20-22-47-23-21-44)41-32(40-30)45(27-24-34(4,5)42-35(6,7)25-27)18-16-14-15-17-19-46-28-26-36(8,9)43-37(10,11)29(28)38(46,12)13/h27-29,42-43H,14-26H2,1-13H3. The Hall–Kier alpha value is -1.55. The molecule has 0 radical (unpaired) electrons. The molecule has 4 aliphatic heterocycles. The van der Waals surface area contributed by atoms with Gasteiger partial charge in [-0.05, 0) is 108 Å². The van der Waals surface area contributed by atoms with Gasteiger partial charge in [0.2, 0.25) is 11.9 Å². The number of rotatable bonds is 10. The Morgan fingerprint density at radius 1 is 0.766 bits per heavy atom. The molecule has 2 atom stereocenters. The molecule has 4 fully saturated rings. The van der Waals surface area contributed by atoms with Gasteiger partial charge in [0.05, 0.1) is 13.2 Å². The molecule has 4 saturated heterocycles. The summed E-state index contributed by atoms with van der Waals surface area (Å²) in [4.78, 5) is 23.1. The molecule has 9 heteroatoms. The monoisotopic (exact) mass is 655 g/mol. The third kappa shape index (κ3) is 8.26. The van der Waals surface area contributed by atoms with E-state index < -0.39 is 0 Å². The van der Waals surface area contributed by atoms with Crippen LogP contribution in [0.3, 0.4) is 0 Å². The molecular weight excluding hydrogens is 584 g/mol. The number of nitrogens with one attached hydrogen (secondary N) is 2. The predicted molar refractivity (Wildman–Crippen MR) is 196 cm³/mol. The molecule has 0 amide bonds. The van der Waals surface area contributed by atoms with Crippen molar-refractivity contribution in [2.75, 3.05) is 49.2 Å². The molecule has 2 unspecified atom stereocenters. The first-order valence-electron chi connectivity index (χ1n) is 18.8. The van der Waals surface area contributed by atoms with E-state index in [1.54, 1.807) is 0 Å². The summed E-state index contributed by atoms with van der Waals surface area (Å²) in [6.07, 6.45) is 8.25. The SMILES string of the molecule is CC1(C)CC(N(CCCCCCN2C3CC(C)(C)NC(C)(C)C3C2(C)C)c2nc(N3CCOCC3)nc(C(C)(C)C)n2)CC(C)(C)N1. The van der Waals surface area contributed by atoms with Crippen molar-refractivity contribution < 1.29 is 4.74 Å². The summed E-state index contributed by atoms with van der Waals surface area (Å²) in [6.45, 7) is 35.8. The lowest BCUT2D eigenvalue weighted by Crippen LogP contribution is -2.82. The van der Waals surface area contributed by atoms with Crippen LogP contribution in [0.15, 0.2) is 0 Å². The molecule has 1 aromatic heterocycles. The lowest BCUT2D eigenvalue weighted by molar-refractivity contribution is -0.185. The first-order chi connectivity index (χ1) is 21.6. The fraction of sp³-hybridized carbons (Fsp3) is 0.921. The first-order valence-corrected chi connectivity index (χ1v) is 18.8. The Morgan fingerprint density at radius 2 is 1.36 bits per heavy atom. The van der Waals surface area contributed by atoms with Crippen LogP contribution in [0.5, 0.6) is 0 Å². The number of morpholine rings is 1. The van der Waals surface area contributed by atoms with E-state index in [-0.39, 0.29) is 33.1 Å². The van der Waals surface area contributed by atoms with Crippen LogP contribution < -0.4 is 20.4 Å². The fourth-order valence-electron chi connectivity index (χ4n) is 10.3. The Bertz CT molecular complexity index is 1210. The van der Waals surface area contributed by atoms with Gasteiger partial charge in [-0.1, -0.05) is 33.6 Å². The lowest BCUT2D eigenvalue weighted by Gasteiger charge is -2.71. The highest BCUT2D eigenvalue weighted by Crippen LogP contribution is 2.53. The molecule has 2 N–H and O–H groups in total. The van der Waals surface area contributed by atoms with Gasteiger partial charge in [0.25, 0.3) is 0 Å². The maximum Gasteiger partial charge on any atom is 0.230 e. The maximum absolute atomic E-state index is 5.67. The summed E-state index contributed by atoms with van der Waals surface area (Å²) in [5, 5.41) is 7.86. The topological polar surface area (TPSA) is 81.7 Å². The van der Waals surface area contributed by atoms with E-state index in [1.807, 2.05) is 0 Å². The normalized spacial score (nSPS) is 28.4. The number of likely N-dealkylation sites (tertiary alicyclic amines) is 1. The number of hydrogen-bond donors (Lipinski definition) is 2. The number of aromatic nitrogens is 3. The summed E-state index contributed by atoms with van der Waals surface area (Å²) in [7, 11) is 0.